The second-order valence-electron chi connectivity index (χ2n) is 11.4. The molecule has 1 amide bonds. The number of benzene rings is 1. The molecule has 32 heavy (non-hydrogen) atoms. The minimum Gasteiger partial charge on any atom is -0.444 e. The minimum atomic E-state index is -2.10. The maximum Gasteiger partial charge on any atom is 0.410 e. The summed E-state index contributed by atoms with van der Waals surface area (Å²) >= 11 is 0. The predicted octanol–water partition coefficient (Wildman–Crippen LogP) is 6.29. The molecule has 0 bridgehead atoms. The highest BCUT2D eigenvalue weighted by Crippen LogP contribution is 2.41. The van der Waals surface area contributed by atoms with Crippen LogP contribution in [0, 0.1) is 5.92 Å². The van der Waals surface area contributed by atoms with Gasteiger partial charge in [0.25, 0.3) is 0 Å². The molecule has 1 saturated carbocycles. The highest BCUT2D eigenvalue weighted by atomic mass is 28.4. The van der Waals surface area contributed by atoms with Gasteiger partial charge in [0.15, 0.2) is 8.32 Å². The van der Waals surface area contributed by atoms with Crippen LogP contribution < -0.4 is 0 Å². The number of nitrogens with zero attached hydrogens (tertiary/aromatic N) is 2. The van der Waals surface area contributed by atoms with Gasteiger partial charge in [0, 0.05) is 13.0 Å². The predicted molar refractivity (Wildman–Crippen MR) is 132 cm³/mol. The number of likely N-dealkylation sites (N-methyl/N-ethyl adjacent to an activating group) is 1. The Labute approximate surface area is 195 Å². The van der Waals surface area contributed by atoms with E-state index >= 15 is 0 Å². The van der Waals surface area contributed by atoms with Crippen LogP contribution in [0.3, 0.4) is 0 Å². The molecule has 0 unspecified atom stereocenters. The Balaban J connectivity index is 2.32. The lowest BCUT2D eigenvalue weighted by Crippen LogP contribution is -2.55. The molecule has 2 rings (SSSR count). The van der Waals surface area contributed by atoms with Crippen molar-refractivity contribution in [1.82, 2.24) is 4.90 Å². The van der Waals surface area contributed by atoms with E-state index in [1.807, 2.05) is 51.1 Å². The van der Waals surface area contributed by atoms with E-state index in [2.05, 4.69) is 39.0 Å². The summed E-state index contributed by atoms with van der Waals surface area (Å²) in [5.41, 5.74) is 1.06. The van der Waals surface area contributed by atoms with Crippen molar-refractivity contribution < 1.29 is 19.2 Å². The van der Waals surface area contributed by atoms with Gasteiger partial charge in [0.05, 0.1) is 17.9 Å². The number of rotatable bonds is 5. The zero-order valence-corrected chi connectivity index (χ0v) is 22.3. The number of carbonyl (C=O) groups is 1. The molecule has 0 heterocycles. The average Bonchev–Trinajstić information content (AvgIpc) is 2.66. The Morgan fingerprint density at radius 1 is 1.09 bits per heavy atom. The third-order valence-electron chi connectivity index (χ3n) is 6.75. The van der Waals surface area contributed by atoms with Gasteiger partial charge in [-0.05, 0) is 63.7 Å². The first kappa shape index (κ1) is 26.4. The van der Waals surface area contributed by atoms with Gasteiger partial charge in [-0.2, -0.15) is 0 Å². The summed E-state index contributed by atoms with van der Waals surface area (Å²) in [5, 5.41) is 13.6. The molecule has 1 aromatic rings. The summed E-state index contributed by atoms with van der Waals surface area (Å²) < 4.78 is 12.5. The first-order valence-electron chi connectivity index (χ1n) is 11.6. The number of ether oxygens (including phenoxy) is 1. The molecule has 180 valence electrons. The maximum atomic E-state index is 12.9. The zero-order chi connectivity index (χ0) is 24.3. The second-order valence-corrected chi connectivity index (χ2v) is 16.2. The number of hydrogen-bond donors (Lipinski definition) is 1. The van der Waals surface area contributed by atoms with Gasteiger partial charge in [-0.1, -0.05) is 56.3 Å². The molecule has 0 spiro atoms. The fraction of sp³-hybridized carbons (Fsp3) is 0.680. The fourth-order valence-electron chi connectivity index (χ4n) is 3.94. The number of oxime groups is 1. The molecular formula is C25H42N2O4Si. The van der Waals surface area contributed by atoms with Gasteiger partial charge in [0.1, 0.15) is 5.60 Å². The van der Waals surface area contributed by atoms with Crippen molar-refractivity contribution in [1.29, 1.82) is 0 Å². The van der Waals surface area contributed by atoms with Crippen molar-refractivity contribution in [3.8, 4) is 0 Å². The van der Waals surface area contributed by atoms with E-state index in [9.17, 15) is 10.0 Å². The normalized spacial score (nSPS) is 23.0. The van der Waals surface area contributed by atoms with Crippen LogP contribution in [-0.4, -0.2) is 55.0 Å². The molecule has 1 aliphatic carbocycles. The van der Waals surface area contributed by atoms with Gasteiger partial charge in [0.2, 0.25) is 0 Å². The van der Waals surface area contributed by atoms with Crippen LogP contribution >= 0.6 is 0 Å². The molecule has 0 aliphatic heterocycles. The number of amides is 1. The molecule has 0 radical (unpaired) electrons. The van der Waals surface area contributed by atoms with Crippen LogP contribution in [0.4, 0.5) is 4.79 Å². The Bertz CT molecular complexity index is 796. The van der Waals surface area contributed by atoms with Crippen molar-refractivity contribution >= 4 is 20.1 Å². The first-order valence-corrected chi connectivity index (χ1v) is 14.5. The van der Waals surface area contributed by atoms with Gasteiger partial charge < -0.3 is 19.3 Å². The lowest BCUT2D eigenvalue weighted by atomic mass is 9.79. The molecule has 1 aromatic carbocycles. The standard InChI is InChI=1S/C25H42N2O4Si/c1-24(2,3)30-23(28)27(7)20-16-15-19(22(26-29)18-13-11-10-12-14-18)17-21(20)31-32(8,9)25(4,5)6/h10-14,19-21,29H,15-17H2,1-9H3/b26-22+/t19-,20+,21+/m0/s1. The van der Waals surface area contributed by atoms with Crippen molar-refractivity contribution in [2.75, 3.05) is 7.05 Å². The Hall–Kier alpha value is -1.86. The van der Waals surface area contributed by atoms with Gasteiger partial charge in [-0.15, -0.1) is 0 Å². The number of carbonyl (C=O) groups excluding carboxylic acids is 1. The molecule has 1 fully saturated rings. The molecule has 0 aromatic heterocycles. The second kappa shape index (κ2) is 9.95. The smallest absolute Gasteiger partial charge is 0.410 e. The molecule has 6 nitrogen and oxygen atoms in total. The lowest BCUT2D eigenvalue weighted by molar-refractivity contribution is -0.00851. The van der Waals surface area contributed by atoms with E-state index in [4.69, 9.17) is 9.16 Å². The van der Waals surface area contributed by atoms with E-state index in [-0.39, 0.29) is 29.2 Å². The molecule has 1 N–H and O–H groups in total. The summed E-state index contributed by atoms with van der Waals surface area (Å²) in [5.74, 6) is 0.0560. The quantitative estimate of drug-likeness (QED) is 0.241. The Kier molecular flexibility index (Phi) is 8.21. The molecule has 3 atom stereocenters. The summed E-state index contributed by atoms with van der Waals surface area (Å²) in [6.07, 6.45) is 1.77. The molecule has 1 aliphatic rings. The van der Waals surface area contributed by atoms with Crippen molar-refractivity contribution in [2.45, 2.75) is 96.7 Å². The van der Waals surface area contributed by atoms with E-state index in [1.54, 1.807) is 11.9 Å². The van der Waals surface area contributed by atoms with E-state index < -0.39 is 13.9 Å². The van der Waals surface area contributed by atoms with Gasteiger partial charge >= 0.3 is 6.09 Å². The van der Waals surface area contributed by atoms with E-state index in [0.717, 1.165) is 18.4 Å². The fourth-order valence-corrected chi connectivity index (χ4v) is 5.30. The average molecular weight is 463 g/mol. The van der Waals surface area contributed by atoms with E-state index in [1.165, 1.54) is 0 Å². The topological polar surface area (TPSA) is 71.4 Å². The van der Waals surface area contributed by atoms with Crippen LogP contribution in [0.25, 0.3) is 0 Å². The van der Waals surface area contributed by atoms with E-state index in [0.29, 0.717) is 12.1 Å². The minimum absolute atomic E-state index is 0.0440. The zero-order valence-electron chi connectivity index (χ0n) is 21.3. The highest BCUT2D eigenvalue weighted by molar-refractivity contribution is 6.74. The summed E-state index contributed by atoms with van der Waals surface area (Å²) in [7, 11) is -0.292. The number of hydrogen-bond acceptors (Lipinski definition) is 5. The largest absolute Gasteiger partial charge is 0.444 e. The van der Waals surface area contributed by atoms with Gasteiger partial charge in [-0.25, -0.2) is 4.79 Å². The van der Waals surface area contributed by atoms with Gasteiger partial charge in [-0.3, -0.25) is 0 Å². The summed E-state index contributed by atoms with van der Waals surface area (Å²) in [6.45, 7) is 16.8. The van der Waals surface area contributed by atoms with Crippen molar-refractivity contribution in [3.05, 3.63) is 35.9 Å². The van der Waals surface area contributed by atoms with Crippen LogP contribution in [0.5, 0.6) is 0 Å². The monoisotopic (exact) mass is 462 g/mol. The van der Waals surface area contributed by atoms with Crippen LogP contribution in [0.2, 0.25) is 18.1 Å². The SMILES string of the molecule is CN(C(=O)OC(C)(C)C)[C@@H]1CC[C@H](/C(=N/O)c2ccccc2)C[C@H]1O[Si](C)(C)C(C)(C)C. The molecular weight excluding hydrogens is 420 g/mol. The van der Waals surface area contributed by atoms with Crippen LogP contribution in [0.15, 0.2) is 35.5 Å². The van der Waals surface area contributed by atoms with Crippen molar-refractivity contribution in [2.24, 2.45) is 11.1 Å². The van der Waals surface area contributed by atoms with Crippen molar-refractivity contribution in [3.63, 3.8) is 0 Å². The highest BCUT2D eigenvalue weighted by Gasteiger charge is 2.45. The maximum absolute atomic E-state index is 12.9. The molecule has 0 saturated heterocycles. The van der Waals surface area contributed by atoms with Crippen LogP contribution in [0.1, 0.15) is 66.4 Å². The summed E-state index contributed by atoms with van der Waals surface area (Å²) in [6, 6.07) is 9.70. The lowest BCUT2D eigenvalue weighted by Gasteiger charge is -2.46. The molecule has 7 heteroatoms. The Morgan fingerprint density at radius 2 is 1.69 bits per heavy atom. The third kappa shape index (κ3) is 6.58. The third-order valence-corrected chi connectivity index (χ3v) is 11.3. The first-order chi connectivity index (χ1) is 14.7. The summed E-state index contributed by atoms with van der Waals surface area (Å²) in [4.78, 5) is 14.6. The Morgan fingerprint density at radius 3 is 2.19 bits per heavy atom. The van der Waals surface area contributed by atoms with Crippen LogP contribution in [-0.2, 0) is 9.16 Å².